The first kappa shape index (κ1) is 17.2. The van der Waals surface area contributed by atoms with Crippen LogP contribution in [0.4, 0.5) is 4.39 Å². The van der Waals surface area contributed by atoms with Gasteiger partial charge >= 0.3 is 5.63 Å². The molecule has 4 nitrogen and oxygen atoms in total. The van der Waals surface area contributed by atoms with E-state index < -0.39 is 17.6 Å². The molecule has 0 fully saturated rings. The van der Waals surface area contributed by atoms with Crippen molar-refractivity contribution in [2.45, 2.75) is 6.04 Å². The molecule has 0 bridgehead atoms. The van der Waals surface area contributed by atoms with Gasteiger partial charge in [-0.1, -0.05) is 36.4 Å². The molecule has 2 aromatic carbocycles. The summed E-state index contributed by atoms with van der Waals surface area (Å²) < 4.78 is 18.5. The lowest BCUT2D eigenvalue weighted by Gasteiger charge is -2.18. The number of amides is 1. The zero-order valence-electron chi connectivity index (χ0n) is 14.0. The highest BCUT2D eigenvalue weighted by atomic mass is 32.1. The average Bonchev–Trinajstić information content (AvgIpc) is 3.20. The third kappa shape index (κ3) is 3.52. The molecule has 4 rings (SSSR count). The summed E-state index contributed by atoms with van der Waals surface area (Å²) in [4.78, 5) is 25.9. The van der Waals surface area contributed by atoms with E-state index in [1.54, 1.807) is 36.4 Å². The van der Waals surface area contributed by atoms with Crippen LogP contribution in [0.2, 0.25) is 0 Å². The van der Waals surface area contributed by atoms with Crippen LogP contribution in [0.3, 0.4) is 0 Å². The zero-order valence-corrected chi connectivity index (χ0v) is 14.8. The van der Waals surface area contributed by atoms with Crippen LogP contribution in [0.1, 0.15) is 26.8 Å². The molecule has 0 aliphatic rings. The molecule has 4 aromatic rings. The Morgan fingerprint density at radius 3 is 2.56 bits per heavy atom. The zero-order chi connectivity index (χ0) is 18.8. The lowest BCUT2D eigenvalue weighted by atomic mass is 10.0. The summed E-state index contributed by atoms with van der Waals surface area (Å²) in [5.74, 6) is -0.901. The molecular formula is C21H14FNO3S. The van der Waals surface area contributed by atoms with E-state index in [1.165, 1.54) is 29.5 Å². The van der Waals surface area contributed by atoms with Gasteiger partial charge in [-0.25, -0.2) is 9.18 Å². The number of thiophene rings is 1. The summed E-state index contributed by atoms with van der Waals surface area (Å²) in [6, 6.07) is 17.7. The number of rotatable bonds is 4. The van der Waals surface area contributed by atoms with Crippen molar-refractivity contribution in [3.8, 4) is 0 Å². The molecule has 0 aliphatic carbocycles. The fourth-order valence-corrected chi connectivity index (χ4v) is 3.66. The third-order valence-corrected chi connectivity index (χ3v) is 5.13. The van der Waals surface area contributed by atoms with E-state index >= 15 is 0 Å². The highest BCUT2D eigenvalue weighted by Gasteiger charge is 2.21. The number of carbonyl (C=O) groups is 1. The first-order valence-electron chi connectivity index (χ1n) is 8.24. The summed E-state index contributed by atoms with van der Waals surface area (Å²) in [7, 11) is 0. The minimum absolute atomic E-state index is 0.0719. The van der Waals surface area contributed by atoms with Gasteiger partial charge in [0.25, 0.3) is 5.91 Å². The molecular weight excluding hydrogens is 365 g/mol. The van der Waals surface area contributed by atoms with Gasteiger partial charge in [0.05, 0.1) is 6.04 Å². The Balaban J connectivity index is 1.71. The Bertz CT molecular complexity index is 1150. The maximum atomic E-state index is 13.3. The van der Waals surface area contributed by atoms with E-state index in [1.807, 2.05) is 17.5 Å². The summed E-state index contributed by atoms with van der Waals surface area (Å²) in [5.41, 5.74) is 0.373. The fourth-order valence-electron chi connectivity index (χ4n) is 2.86. The normalized spacial score (nSPS) is 12.0. The second-order valence-corrected chi connectivity index (χ2v) is 6.94. The van der Waals surface area contributed by atoms with Crippen molar-refractivity contribution in [2.24, 2.45) is 0 Å². The first-order chi connectivity index (χ1) is 13.1. The molecule has 2 aromatic heterocycles. The van der Waals surface area contributed by atoms with Crippen LogP contribution in [-0.4, -0.2) is 5.91 Å². The number of fused-ring (bicyclic) bond motifs is 1. The molecule has 0 saturated carbocycles. The van der Waals surface area contributed by atoms with E-state index in [2.05, 4.69) is 5.32 Å². The Labute approximate surface area is 157 Å². The second kappa shape index (κ2) is 7.17. The Kier molecular flexibility index (Phi) is 4.56. The van der Waals surface area contributed by atoms with Gasteiger partial charge in [0.15, 0.2) is 0 Å². The first-order valence-corrected chi connectivity index (χ1v) is 9.12. The van der Waals surface area contributed by atoms with Crippen molar-refractivity contribution in [2.75, 3.05) is 0 Å². The van der Waals surface area contributed by atoms with E-state index in [9.17, 15) is 14.0 Å². The quantitative estimate of drug-likeness (QED) is 0.531. The molecule has 134 valence electrons. The molecule has 1 amide bonds. The predicted molar refractivity (Wildman–Crippen MR) is 103 cm³/mol. The van der Waals surface area contributed by atoms with E-state index in [4.69, 9.17) is 4.42 Å². The van der Waals surface area contributed by atoms with E-state index in [0.29, 0.717) is 11.0 Å². The average molecular weight is 379 g/mol. The Morgan fingerprint density at radius 1 is 1.04 bits per heavy atom. The van der Waals surface area contributed by atoms with Crippen molar-refractivity contribution in [3.05, 3.63) is 104 Å². The van der Waals surface area contributed by atoms with Gasteiger partial charge in [-0.05, 0) is 41.3 Å². The van der Waals surface area contributed by atoms with Gasteiger partial charge in [-0.2, -0.15) is 0 Å². The maximum absolute atomic E-state index is 13.3. The summed E-state index contributed by atoms with van der Waals surface area (Å²) in [5, 5.41) is 5.42. The summed E-state index contributed by atoms with van der Waals surface area (Å²) in [6.07, 6.45) is 0. The topological polar surface area (TPSA) is 59.3 Å². The number of carbonyl (C=O) groups excluding carboxylic acids is 1. The van der Waals surface area contributed by atoms with Crippen LogP contribution in [0, 0.1) is 5.82 Å². The van der Waals surface area contributed by atoms with E-state index in [0.717, 1.165) is 10.4 Å². The van der Waals surface area contributed by atoms with Crippen LogP contribution in [0.25, 0.3) is 11.0 Å². The van der Waals surface area contributed by atoms with Crippen molar-refractivity contribution in [1.82, 2.24) is 5.32 Å². The molecule has 1 N–H and O–H groups in total. The van der Waals surface area contributed by atoms with Gasteiger partial charge in [0.2, 0.25) is 0 Å². The summed E-state index contributed by atoms with van der Waals surface area (Å²) in [6.45, 7) is 0. The van der Waals surface area contributed by atoms with Crippen LogP contribution in [-0.2, 0) is 0 Å². The predicted octanol–water partition coefficient (Wildman–Crippen LogP) is 4.51. The van der Waals surface area contributed by atoms with Gasteiger partial charge in [-0.3, -0.25) is 4.79 Å². The van der Waals surface area contributed by atoms with Crippen molar-refractivity contribution in [1.29, 1.82) is 0 Å². The van der Waals surface area contributed by atoms with Crippen molar-refractivity contribution >= 4 is 28.2 Å². The highest BCUT2D eigenvalue weighted by Crippen LogP contribution is 2.26. The van der Waals surface area contributed by atoms with Crippen LogP contribution >= 0.6 is 11.3 Å². The Morgan fingerprint density at radius 2 is 1.81 bits per heavy atom. The monoisotopic (exact) mass is 379 g/mol. The lowest BCUT2D eigenvalue weighted by Crippen LogP contribution is -2.32. The molecule has 1 unspecified atom stereocenters. The van der Waals surface area contributed by atoms with Gasteiger partial charge in [0.1, 0.15) is 17.0 Å². The minimum atomic E-state index is -0.699. The molecule has 0 radical (unpaired) electrons. The molecule has 0 spiro atoms. The molecule has 0 saturated heterocycles. The number of hydrogen-bond donors (Lipinski definition) is 1. The third-order valence-electron chi connectivity index (χ3n) is 4.19. The molecule has 27 heavy (non-hydrogen) atoms. The lowest BCUT2D eigenvalue weighted by molar-refractivity contribution is 0.0940. The number of para-hydroxylation sites is 1. The van der Waals surface area contributed by atoms with Crippen LogP contribution in [0.5, 0.6) is 0 Å². The van der Waals surface area contributed by atoms with E-state index in [-0.39, 0.29) is 11.4 Å². The van der Waals surface area contributed by atoms with Crippen molar-refractivity contribution < 1.29 is 13.6 Å². The highest BCUT2D eigenvalue weighted by molar-refractivity contribution is 7.10. The van der Waals surface area contributed by atoms with Gasteiger partial charge in [0, 0.05) is 10.3 Å². The van der Waals surface area contributed by atoms with Crippen molar-refractivity contribution in [3.63, 3.8) is 0 Å². The molecule has 6 heteroatoms. The Hall–Kier alpha value is -3.25. The number of halogens is 1. The SMILES string of the molecule is O=C(NC(c1ccc(F)cc1)c1cccs1)c1cc2ccccc2oc1=O. The molecule has 1 atom stereocenters. The van der Waals surface area contributed by atoms with Crippen LogP contribution < -0.4 is 10.9 Å². The van der Waals surface area contributed by atoms with Crippen LogP contribution in [0.15, 0.2) is 81.3 Å². The minimum Gasteiger partial charge on any atom is -0.422 e. The number of nitrogens with one attached hydrogen (secondary N) is 1. The largest absolute Gasteiger partial charge is 0.422 e. The maximum Gasteiger partial charge on any atom is 0.349 e. The second-order valence-electron chi connectivity index (χ2n) is 5.96. The smallest absolute Gasteiger partial charge is 0.349 e. The number of hydrogen-bond acceptors (Lipinski definition) is 4. The molecule has 2 heterocycles. The molecule has 0 aliphatic heterocycles. The van der Waals surface area contributed by atoms with Gasteiger partial charge in [-0.15, -0.1) is 11.3 Å². The number of benzene rings is 2. The fraction of sp³-hybridized carbons (Fsp3) is 0.0476. The van der Waals surface area contributed by atoms with Gasteiger partial charge < -0.3 is 9.73 Å². The standard InChI is InChI=1S/C21H14FNO3S/c22-15-9-7-13(8-10-15)19(18-6-3-11-27-18)23-20(24)16-12-14-4-1-2-5-17(14)26-21(16)25/h1-12,19H,(H,23,24). The summed E-state index contributed by atoms with van der Waals surface area (Å²) >= 11 is 1.46.